The third-order valence-corrected chi connectivity index (χ3v) is 3.32. The molecule has 1 aliphatic heterocycles. The maximum absolute atomic E-state index is 13.1. The summed E-state index contributed by atoms with van der Waals surface area (Å²) in [6, 6.07) is 3.53. The quantitative estimate of drug-likeness (QED) is 0.834. The summed E-state index contributed by atoms with van der Waals surface area (Å²) in [6.45, 7) is 4.83. The molecule has 0 radical (unpaired) electrons. The summed E-state index contributed by atoms with van der Waals surface area (Å²) in [6.07, 6.45) is -0.402. The van der Waals surface area contributed by atoms with E-state index in [0.29, 0.717) is 18.7 Å². The van der Waals surface area contributed by atoms with Crippen LogP contribution in [0.2, 0.25) is 0 Å². The number of ketones is 1. The molecular formula is C14H17F2NO2. The van der Waals surface area contributed by atoms with Crippen LogP contribution in [-0.4, -0.2) is 43.0 Å². The van der Waals surface area contributed by atoms with Gasteiger partial charge in [0.1, 0.15) is 6.10 Å². The van der Waals surface area contributed by atoms with E-state index in [9.17, 15) is 13.6 Å². The van der Waals surface area contributed by atoms with Crippen molar-refractivity contribution in [1.82, 2.24) is 4.90 Å². The van der Waals surface area contributed by atoms with Gasteiger partial charge in [-0.3, -0.25) is 9.69 Å². The molecule has 1 aromatic carbocycles. The van der Waals surface area contributed by atoms with Crippen molar-refractivity contribution in [3.8, 4) is 0 Å². The zero-order chi connectivity index (χ0) is 13.8. The molecule has 1 aromatic rings. The Bertz CT molecular complexity index is 465. The average Bonchev–Trinajstić information content (AvgIpc) is 2.43. The van der Waals surface area contributed by atoms with Crippen LogP contribution in [0, 0.1) is 11.6 Å². The lowest BCUT2D eigenvalue weighted by Gasteiger charge is -2.31. The van der Waals surface area contributed by atoms with Crippen LogP contribution >= 0.6 is 0 Å². The number of morpholine rings is 1. The molecule has 19 heavy (non-hydrogen) atoms. The number of carbonyl (C=O) groups excluding carboxylic acids is 1. The first kappa shape index (κ1) is 14.1. The maximum Gasteiger partial charge on any atom is 0.167 e. The number of benzene rings is 1. The fourth-order valence-corrected chi connectivity index (χ4v) is 2.15. The first-order chi connectivity index (χ1) is 9.10. The molecular weight excluding hydrogens is 252 g/mol. The van der Waals surface area contributed by atoms with Gasteiger partial charge in [-0.15, -0.1) is 0 Å². The molecule has 3 nitrogen and oxygen atoms in total. The summed E-state index contributed by atoms with van der Waals surface area (Å²) < 4.78 is 31.3. The van der Waals surface area contributed by atoms with Crippen LogP contribution in [0.4, 0.5) is 8.78 Å². The molecule has 0 amide bonds. The fraction of sp³-hybridized carbons (Fsp3) is 0.500. The monoisotopic (exact) mass is 269 g/mol. The lowest BCUT2D eigenvalue weighted by molar-refractivity contribution is -0.135. The van der Waals surface area contributed by atoms with E-state index in [1.54, 1.807) is 0 Å². The lowest BCUT2D eigenvalue weighted by Crippen LogP contribution is -2.46. The second-order valence-corrected chi connectivity index (χ2v) is 4.64. The first-order valence-corrected chi connectivity index (χ1v) is 6.40. The highest BCUT2D eigenvalue weighted by Gasteiger charge is 2.25. The van der Waals surface area contributed by atoms with Crippen LogP contribution in [0.1, 0.15) is 12.5 Å². The molecule has 0 spiro atoms. The number of hydrogen-bond acceptors (Lipinski definition) is 3. The van der Waals surface area contributed by atoms with Crippen LogP contribution in [0.3, 0.4) is 0 Å². The van der Waals surface area contributed by atoms with Crippen LogP contribution < -0.4 is 0 Å². The van der Waals surface area contributed by atoms with Crippen molar-refractivity contribution in [2.24, 2.45) is 0 Å². The zero-order valence-electron chi connectivity index (χ0n) is 10.9. The minimum atomic E-state index is -0.926. The Balaban J connectivity index is 1.98. The van der Waals surface area contributed by atoms with E-state index in [1.807, 2.05) is 6.92 Å². The Morgan fingerprint density at radius 2 is 2.21 bits per heavy atom. The van der Waals surface area contributed by atoms with Crippen molar-refractivity contribution in [2.45, 2.75) is 19.4 Å². The number of hydrogen-bond donors (Lipinski definition) is 0. The van der Waals surface area contributed by atoms with Gasteiger partial charge in [-0.1, -0.05) is 13.0 Å². The molecule has 1 atom stereocenters. The molecule has 0 saturated carbocycles. The predicted octanol–water partition coefficient (Wildman–Crippen LogP) is 1.80. The third kappa shape index (κ3) is 3.58. The van der Waals surface area contributed by atoms with Gasteiger partial charge in [-0.2, -0.15) is 0 Å². The number of likely N-dealkylation sites (N-methyl/N-ethyl adjacent to an activating group) is 1. The van der Waals surface area contributed by atoms with E-state index in [2.05, 4.69) is 4.90 Å². The van der Waals surface area contributed by atoms with Crippen LogP contribution in [0.5, 0.6) is 0 Å². The molecule has 1 saturated heterocycles. The predicted molar refractivity (Wildman–Crippen MR) is 66.9 cm³/mol. The minimum Gasteiger partial charge on any atom is -0.368 e. The zero-order valence-corrected chi connectivity index (χ0v) is 10.9. The Morgan fingerprint density at radius 1 is 1.42 bits per heavy atom. The van der Waals surface area contributed by atoms with E-state index >= 15 is 0 Å². The van der Waals surface area contributed by atoms with E-state index in [0.717, 1.165) is 25.2 Å². The van der Waals surface area contributed by atoms with E-state index < -0.39 is 17.7 Å². The molecule has 1 fully saturated rings. The smallest absolute Gasteiger partial charge is 0.167 e. The number of ether oxygens (including phenoxy) is 1. The van der Waals surface area contributed by atoms with Gasteiger partial charge in [0.25, 0.3) is 0 Å². The van der Waals surface area contributed by atoms with Gasteiger partial charge in [0.15, 0.2) is 17.4 Å². The molecule has 0 aromatic heterocycles. The van der Waals surface area contributed by atoms with E-state index in [4.69, 9.17) is 4.74 Å². The van der Waals surface area contributed by atoms with Crippen LogP contribution in [0.15, 0.2) is 18.2 Å². The second kappa shape index (κ2) is 6.21. The summed E-state index contributed by atoms with van der Waals surface area (Å²) in [5.41, 5.74) is 0.473. The Labute approximate surface area is 111 Å². The van der Waals surface area contributed by atoms with Crippen molar-refractivity contribution in [3.05, 3.63) is 35.4 Å². The summed E-state index contributed by atoms with van der Waals surface area (Å²) >= 11 is 0. The molecule has 104 valence electrons. The Morgan fingerprint density at radius 3 is 2.89 bits per heavy atom. The number of rotatable bonds is 4. The van der Waals surface area contributed by atoms with Crippen LogP contribution in [-0.2, 0) is 16.0 Å². The second-order valence-electron chi connectivity index (χ2n) is 4.64. The molecule has 1 aliphatic rings. The maximum atomic E-state index is 13.1. The number of carbonyl (C=O) groups is 1. The summed E-state index contributed by atoms with van der Waals surface area (Å²) in [4.78, 5) is 14.2. The largest absolute Gasteiger partial charge is 0.368 e. The van der Waals surface area contributed by atoms with Crippen molar-refractivity contribution >= 4 is 5.78 Å². The van der Waals surface area contributed by atoms with E-state index in [1.165, 1.54) is 6.07 Å². The molecule has 1 unspecified atom stereocenters. The lowest BCUT2D eigenvalue weighted by atomic mass is 10.0. The highest BCUT2D eigenvalue weighted by molar-refractivity contribution is 5.85. The summed E-state index contributed by atoms with van der Waals surface area (Å²) in [5.74, 6) is -1.92. The molecule has 5 heteroatoms. The molecule has 1 heterocycles. The topological polar surface area (TPSA) is 29.5 Å². The Kier molecular flexibility index (Phi) is 4.61. The summed E-state index contributed by atoms with van der Waals surface area (Å²) in [5, 5.41) is 0. The normalized spacial score (nSPS) is 20.5. The van der Waals surface area contributed by atoms with Crippen molar-refractivity contribution in [1.29, 1.82) is 0 Å². The fourth-order valence-electron chi connectivity index (χ4n) is 2.15. The first-order valence-electron chi connectivity index (χ1n) is 6.40. The third-order valence-electron chi connectivity index (χ3n) is 3.32. The molecule has 0 bridgehead atoms. The van der Waals surface area contributed by atoms with Gasteiger partial charge in [-0.05, 0) is 24.2 Å². The standard InChI is InChI=1S/C14H17F2NO2/c1-2-17-5-6-19-14(9-17)13(18)8-10-3-4-11(15)12(16)7-10/h3-4,7,14H,2,5-6,8-9H2,1H3. The number of halogens is 2. The van der Waals surface area contributed by atoms with Crippen molar-refractivity contribution in [3.63, 3.8) is 0 Å². The van der Waals surface area contributed by atoms with Gasteiger partial charge >= 0.3 is 0 Å². The van der Waals surface area contributed by atoms with Crippen molar-refractivity contribution in [2.75, 3.05) is 26.2 Å². The minimum absolute atomic E-state index is 0.0689. The molecule has 2 rings (SSSR count). The van der Waals surface area contributed by atoms with E-state index in [-0.39, 0.29) is 12.2 Å². The highest BCUT2D eigenvalue weighted by Crippen LogP contribution is 2.13. The Hall–Kier alpha value is -1.33. The average molecular weight is 269 g/mol. The van der Waals surface area contributed by atoms with Gasteiger partial charge in [-0.25, -0.2) is 8.78 Å². The number of Topliss-reactive ketones (excluding diaryl/α,β-unsaturated/α-hetero) is 1. The van der Waals surface area contributed by atoms with Gasteiger partial charge < -0.3 is 4.74 Å². The summed E-state index contributed by atoms with van der Waals surface area (Å²) in [7, 11) is 0. The SMILES string of the molecule is CCN1CCOC(C(=O)Cc2ccc(F)c(F)c2)C1. The van der Waals surface area contributed by atoms with Gasteiger partial charge in [0.05, 0.1) is 6.61 Å². The van der Waals surface area contributed by atoms with Crippen molar-refractivity contribution < 1.29 is 18.3 Å². The molecule has 0 aliphatic carbocycles. The highest BCUT2D eigenvalue weighted by atomic mass is 19.2. The van der Waals surface area contributed by atoms with Crippen LogP contribution in [0.25, 0.3) is 0 Å². The molecule has 0 N–H and O–H groups in total. The van der Waals surface area contributed by atoms with Gasteiger partial charge in [0, 0.05) is 19.5 Å². The number of nitrogens with zero attached hydrogens (tertiary/aromatic N) is 1. The van der Waals surface area contributed by atoms with Gasteiger partial charge in [0.2, 0.25) is 0 Å².